The number of allylic oxidation sites excluding steroid dienone is 1. The summed E-state index contributed by atoms with van der Waals surface area (Å²) in [6.45, 7) is 21.6. The Morgan fingerprint density at radius 3 is 2.30 bits per heavy atom. The smallest absolute Gasteiger partial charge is 0.331 e. The maximum absolute atomic E-state index is 13.0. The summed E-state index contributed by atoms with van der Waals surface area (Å²) in [6.07, 6.45) is 17.9. The fourth-order valence-electron chi connectivity index (χ4n) is 12.4. The van der Waals surface area contributed by atoms with Crippen LogP contribution in [-0.2, 0) is 9.53 Å². The first-order valence-electron chi connectivity index (χ1n) is 17.5. The molecule has 1 N–H and O–H groups in total. The Kier molecular flexibility index (Phi) is 7.58. The van der Waals surface area contributed by atoms with Gasteiger partial charge in [0.15, 0.2) is 0 Å². The SMILES string of the molecule is C=C(C)[C@H](C)CC[C@@H](C)[C@H]1CC[C@]2(C)[C@@H]3CC[C@H]4C(C)(C)[C@H](OC(=O)C=Cc5ccc(O)cc5)CC[C@@]45C[C@@]35CC[C@]12C. The van der Waals surface area contributed by atoms with Crippen molar-refractivity contribution < 1.29 is 14.6 Å². The van der Waals surface area contributed by atoms with Gasteiger partial charge in [0.2, 0.25) is 0 Å². The molecule has 0 saturated heterocycles. The zero-order chi connectivity index (χ0) is 31.0. The van der Waals surface area contributed by atoms with Crippen molar-refractivity contribution in [1.82, 2.24) is 0 Å². The molecule has 10 atom stereocenters. The number of benzene rings is 1. The van der Waals surface area contributed by atoms with Crippen LogP contribution < -0.4 is 0 Å². The molecule has 5 fully saturated rings. The van der Waals surface area contributed by atoms with Gasteiger partial charge in [-0.25, -0.2) is 4.79 Å². The van der Waals surface area contributed by atoms with Crippen molar-refractivity contribution in [1.29, 1.82) is 0 Å². The molecule has 0 aromatic heterocycles. The van der Waals surface area contributed by atoms with Crippen molar-refractivity contribution in [2.75, 3.05) is 0 Å². The second-order valence-electron chi connectivity index (χ2n) is 17.2. The number of ether oxygens (including phenoxy) is 1. The van der Waals surface area contributed by atoms with Gasteiger partial charge in [-0.15, -0.1) is 0 Å². The average Bonchev–Trinajstić information content (AvgIpc) is 3.54. The predicted octanol–water partition coefficient (Wildman–Crippen LogP) is 10.4. The van der Waals surface area contributed by atoms with Crippen molar-refractivity contribution in [3.63, 3.8) is 0 Å². The summed E-state index contributed by atoms with van der Waals surface area (Å²) in [5.74, 6) is 3.74. The average molecular weight is 587 g/mol. The van der Waals surface area contributed by atoms with Gasteiger partial charge in [0.05, 0.1) is 0 Å². The molecule has 0 heterocycles. The third-order valence-corrected chi connectivity index (χ3v) is 15.3. The summed E-state index contributed by atoms with van der Waals surface area (Å²) in [6, 6.07) is 6.91. The van der Waals surface area contributed by atoms with Crippen molar-refractivity contribution in [3.8, 4) is 5.75 Å². The molecule has 0 bridgehead atoms. The van der Waals surface area contributed by atoms with Crippen LogP contribution in [0.3, 0.4) is 0 Å². The van der Waals surface area contributed by atoms with E-state index < -0.39 is 0 Å². The van der Waals surface area contributed by atoms with Gasteiger partial charge in [0.1, 0.15) is 11.9 Å². The van der Waals surface area contributed by atoms with Gasteiger partial charge < -0.3 is 9.84 Å². The molecule has 0 unspecified atom stereocenters. The molecule has 3 nitrogen and oxygen atoms in total. The fourth-order valence-corrected chi connectivity index (χ4v) is 12.4. The summed E-state index contributed by atoms with van der Waals surface area (Å²) in [4.78, 5) is 13.0. The number of fused-ring (bicyclic) bond motifs is 2. The zero-order valence-electron chi connectivity index (χ0n) is 28.2. The van der Waals surface area contributed by atoms with Crippen LogP contribution in [0.15, 0.2) is 42.5 Å². The molecule has 3 heteroatoms. The zero-order valence-corrected chi connectivity index (χ0v) is 28.2. The first-order valence-corrected chi connectivity index (χ1v) is 17.5. The highest BCUT2D eigenvalue weighted by molar-refractivity contribution is 5.87. The normalized spacial score (nSPS) is 42.2. The number of phenolic OH excluding ortho intramolecular Hbond substituents is 1. The number of carbonyl (C=O) groups excluding carboxylic acids is 1. The maximum atomic E-state index is 13.0. The van der Waals surface area contributed by atoms with E-state index in [1.807, 2.05) is 12.1 Å². The first-order chi connectivity index (χ1) is 20.2. The van der Waals surface area contributed by atoms with Crippen LogP contribution in [0, 0.1) is 56.7 Å². The van der Waals surface area contributed by atoms with Gasteiger partial charge in [-0.2, -0.15) is 0 Å². The van der Waals surface area contributed by atoms with Gasteiger partial charge in [-0.1, -0.05) is 65.8 Å². The predicted molar refractivity (Wildman–Crippen MR) is 176 cm³/mol. The van der Waals surface area contributed by atoms with E-state index in [0.29, 0.717) is 33.5 Å². The standard InChI is InChI=1S/C40H58O3/c1-26(2)27(3)9-10-28(4)31-19-21-38(8)33-17-16-32-36(5,6)34(43-35(42)18-13-29-11-14-30(41)15-12-29)20-22-39(32)25-40(33,39)24-23-37(31,38)7/h11-15,18,27-28,31-34,41H,1,9-10,16-17,19-25H2,2-8H3/t27-,28-,31-,32+,33+,34-,37-,38-,39-,40+/m1/s1. The molecule has 5 aliphatic carbocycles. The monoisotopic (exact) mass is 586 g/mol. The molecule has 1 aromatic carbocycles. The molecule has 6 rings (SSSR count). The third-order valence-electron chi connectivity index (χ3n) is 15.3. The Balaban J connectivity index is 1.15. The van der Waals surface area contributed by atoms with Crippen LogP contribution in [-0.4, -0.2) is 17.2 Å². The Morgan fingerprint density at radius 2 is 1.60 bits per heavy atom. The van der Waals surface area contributed by atoms with E-state index in [4.69, 9.17) is 4.74 Å². The minimum absolute atomic E-state index is 0.0108. The Morgan fingerprint density at radius 1 is 0.930 bits per heavy atom. The molecule has 5 aliphatic rings. The summed E-state index contributed by atoms with van der Waals surface area (Å²) in [5, 5.41) is 9.54. The lowest BCUT2D eigenvalue weighted by atomic mass is 9.41. The van der Waals surface area contributed by atoms with Gasteiger partial charge in [0, 0.05) is 11.5 Å². The molecule has 236 valence electrons. The highest BCUT2D eigenvalue weighted by Crippen LogP contribution is 2.89. The Hall–Kier alpha value is -2.03. The van der Waals surface area contributed by atoms with E-state index in [1.54, 1.807) is 24.3 Å². The number of phenols is 1. The van der Waals surface area contributed by atoms with Crippen molar-refractivity contribution in [2.45, 2.75) is 125 Å². The van der Waals surface area contributed by atoms with Gasteiger partial charge >= 0.3 is 5.97 Å². The molecule has 1 aromatic rings. The summed E-state index contributed by atoms with van der Waals surface area (Å²) >= 11 is 0. The lowest BCUT2D eigenvalue weighted by molar-refractivity contribution is -0.179. The summed E-state index contributed by atoms with van der Waals surface area (Å²) in [5.41, 5.74) is 4.09. The second kappa shape index (κ2) is 10.5. The highest BCUT2D eigenvalue weighted by Gasteiger charge is 2.82. The second-order valence-corrected chi connectivity index (χ2v) is 17.2. The van der Waals surface area contributed by atoms with Crippen LogP contribution >= 0.6 is 0 Å². The van der Waals surface area contributed by atoms with Crippen LogP contribution in [0.4, 0.5) is 0 Å². The Labute approximate surface area is 262 Å². The van der Waals surface area contributed by atoms with E-state index in [9.17, 15) is 9.90 Å². The maximum Gasteiger partial charge on any atom is 0.331 e. The van der Waals surface area contributed by atoms with E-state index in [0.717, 1.165) is 29.7 Å². The van der Waals surface area contributed by atoms with Gasteiger partial charge in [-0.3, -0.25) is 0 Å². The van der Waals surface area contributed by atoms with Gasteiger partial charge in [0.25, 0.3) is 0 Å². The highest BCUT2D eigenvalue weighted by atomic mass is 16.5. The van der Waals surface area contributed by atoms with Crippen LogP contribution in [0.1, 0.15) is 125 Å². The molecule has 0 amide bonds. The lowest BCUT2D eigenvalue weighted by Crippen LogP contribution is -2.58. The van der Waals surface area contributed by atoms with Crippen LogP contribution in [0.2, 0.25) is 0 Å². The molecule has 43 heavy (non-hydrogen) atoms. The largest absolute Gasteiger partial charge is 0.508 e. The van der Waals surface area contributed by atoms with Crippen molar-refractivity contribution >= 4 is 12.0 Å². The lowest BCUT2D eigenvalue weighted by Gasteiger charge is -2.63. The Bertz CT molecular complexity index is 1270. The van der Waals surface area contributed by atoms with E-state index in [2.05, 4.69) is 55.0 Å². The summed E-state index contributed by atoms with van der Waals surface area (Å²) in [7, 11) is 0. The molecule has 5 saturated carbocycles. The van der Waals surface area contributed by atoms with Crippen LogP contribution in [0.5, 0.6) is 5.75 Å². The van der Waals surface area contributed by atoms with E-state index in [-0.39, 0.29) is 23.2 Å². The molecular formula is C40H58O3. The number of rotatable bonds is 8. The number of carbonyl (C=O) groups is 1. The van der Waals surface area contributed by atoms with Gasteiger partial charge in [-0.05, 0) is 153 Å². The van der Waals surface area contributed by atoms with E-state index in [1.165, 1.54) is 69.8 Å². The fraction of sp³-hybridized carbons (Fsp3) is 0.725. The minimum atomic E-state index is -0.244. The first kappa shape index (κ1) is 31.0. The summed E-state index contributed by atoms with van der Waals surface area (Å²) < 4.78 is 6.22. The van der Waals surface area contributed by atoms with Crippen molar-refractivity contribution in [3.05, 3.63) is 48.1 Å². The minimum Gasteiger partial charge on any atom is -0.508 e. The molecular weight excluding hydrogens is 528 g/mol. The number of esters is 1. The number of hydrogen-bond acceptors (Lipinski definition) is 3. The quantitative estimate of drug-likeness (QED) is 0.187. The van der Waals surface area contributed by atoms with E-state index >= 15 is 0 Å². The third kappa shape index (κ3) is 4.60. The topological polar surface area (TPSA) is 46.5 Å². The van der Waals surface area contributed by atoms with Crippen LogP contribution in [0.25, 0.3) is 6.08 Å². The molecule has 0 aliphatic heterocycles. The van der Waals surface area contributed by atoms with Crippen molar-refractivity contribution in [2.24, 2.45) is 56.7 Å². The number of aromatic hydroxyl groups is 1. The molecule has 0 radical (unpaired) electrons. The molecule has 2 spiro atoms. The number of hydrogen-bond donors (Lipinski definition) is 1.